The van der Waals surface area contributed by atoms with Crippen molar-refractivity contribution in [3.8, 4) is 0 Å². The SMILES string of the molecule is CCCn1c(COC(=O)c2cc(CC)c(C)s2)nc2cc(S(=O)(=O)N(C)C)ccc21. The molecule has 0 saturated carbocycles. The molecule has 162 valence electrons. The van der Waals surface area contributed by atoms with Crippen LogP contribution in [0.2, 0.25) is 0 Å². The summed E-state index contributed by atoms with van der Waals surface area (Å²) in [6.45, 7) is 6.83. The lowest BCUT2D eigenvalue weighted by Gasteiger charge is -2.11. The normalized spacial score (nSPS) is 12.1. The number of aryl methyl sites for hydroxylation is 3. The van der Waals surface area contributed by atoms with E-state index in [0.717, 1.165) is 28.8 Å². The Kier molecular flexibility index (Phi) is 6.64. The second kappa shape index (κ2) is 8.87. The van der Waals surface area contributed by atoms with Crippen LogP contribution in [0.1, 0.15) is 46.2 Å². The van der Waals surface area contributed by atoms with Crippen molar-refractivity contribution in [3.63, 3.8) is 0 Å². The van der Waals surface area contributed by atoms with Crippen molar-refractivity contribution in [1.29, 1.82) is 0 Å². The molecular formula is C21H27N3O4S2. The summed E-state index contributed by atoms with van der Waals surface area (Å²) in [7, 11) is -0.558. The molecule has 0 N–H and O–H groups in total. The Morgan fingerprint density at radius 1 is 1.23 bits per heavy atom. The van der Waals surface area contributed by atoms with Gasteiger partial charge in [0.25, 0.3) is 0 Å². The molecule has 0 bridgehead atoms. The van der Waals surface area contributed by atoms with Crippen LogP contribution in [0.5, 0.6) is 0 Å². The molecule has 0 spiro atoms. The highest BCUT2D eigenvalue weighted by Gasteiger charge is 2.20. The molecule has 0 atom stereocenters. The van der Waals surface area contributed by atoms with Gasteiger partial charge in [-0.15, -0.1) is 11.3 Å². The van der Waals surface area contributed by atoms with Gasteiger partial charge in [-0.1, -0.05) is 13.8 Å². The Morgan fingerprint density at radius 3 is 2.57 bits per heavy atom. The average molecular weight is 450 g/mol. The monoisotopic (exact) mass is 449 g/mol. The minimum Gasteiger partial charge on any atom is -0.453 e. The van der Waals surface area contributed by atoms with Crippen LogP contribution in [-0.2, 0) is 34.3 Å². The first-order valence-corrected chi connectivity index (χ1v) is 12.1. The maximum Gasteiger partial charge on any atom is 0.348 e. The van der Waals surface area contributed by atoms with Crippen LogP contribution in [0.15, 0.2) is 29.2 Å². The molecule has 0 fully saturated rings. The third kappa shape index (κ3) is 4.28. The van der Waals surface area contributed by atoms with Crippen LogP contribution >= 0.6 is 11.3 Å². The van der Waals surface area contributed by atoms with E-state index in [1.165, 1.54) is 29.7 Å². The lowest BCUT2D eigenvalue weighted by Crippen LogP contribution is -2.22. The first-order valence-electron chi connectivity index (χ1n) is 9.87. The van der Waals surface area contributed by atoms with E-state index in [1.54, 1.807) is 18.2 Å². The molecule has 0 amide bonds. The van der Waals surface area contributed by atoms with Crippen LogP contribution in [0, 0.1) is 6.92 Å². The highest BCUT2D eigenvalue weighted by Crippen LogP contribution is 2.25. The number of aromatic nitrogens is 2. The van der Waals surface area contributed by atoms with E-state index in [4.69, 9.17) is 4.74 Å². The smallest absolute Gasteiger partial charge is 0.348 e. The number of imidazole rings is 1. The number of sulfonamides is 1. The van der Waals surface area contributed by atoms with Gasteiger partial charge in [-0.2, -0.15) is 0 Å². The molecule has 3 rings (SSSR count). The van der Waals surface area contributed by atoms with Crippen LogP contribution in [0.4, 0.5) is 0 Å². The van der Waals surface area contributed by atoms with Gasteiger partial charge in [-0.3, -0.25) is 0 Å². The fourth-order valence-electron chi connectivity index (χ4n) is 3.29. The number of ether oxygens (including phenoxy) is 1. The van der Waals surface area contributed by atoms with Crippen molar-refractivity contribution >= 4 is 38.4 Å². The second-order valence-corrected chi connectivity index (χ2v) is 10.6. The van der Waals surface area contributed by atoms with E-state index in [2.05, 4.69) is 11.9 Å². The van der Waals surface area contributed by atoms with E-state index in [-0.39, 0.29) is 17.5 Å². The van der Waals surface area contributed by atoms with E-state index in [0.29, 0.717) is 22.8 Å². The van der Waals surface area contributed by atoms with Crippen LogP contribution in [-0.4, -0.2) is 42.3 Å². The minimum absolute atomic E-state index is 0.0294. The van der Waals surface area contributed by atoms with Crippen LogP contribution < -0.4 is 0 Å². The number of thiophene rings is 1. The number of carbonyl (C=O) groups is 1. The molecule has 9 heteroatoms. The number of hydrogen-bond acceptors (Lipinski definition) is 6. The number of rotatable bonds is 8. The fourth-order valence-corrected chi connectivity index (χ4v) is 5.22. The van der Waals surface area contributed by atoms with E-state index in [9.17, 15) is 13.2 Å². The molecule has 0 aliphatic rings. The topological polar surface area (TPSA) is 81.5 Å². The van der Waals surface area contributed by atoms with Crippen molar-refractivity contribution in [1.82, 2.24) is 13.9 Å². The molecule has 7 nitrogen and oxygen atoms in total. The van der Waals surface area contributed by atoms with E-state index in [1.807, 2.05) is 24.5 Å². The summed E-state index contributed by atoms with van der Waals surface area (Å²) in [5.41, 5.74) is 2.54. The summed E-state index contributed by atoms with van der Waals surface area (Å²) in [5, 5.41) is 0. The van der Waals surface area contributed by atoms with Gasteiger partial charge in [-0.25, -0.2) is 22.5 Å². The third-order valence-electron chi connectivity index (χ3n) is 4.96. The molecule has 2 heterocycles. The number of fused-ring (bicyclic) bond motifs is 1. The number of esters is 1. The minimum atomic E-state index is -3.55. The summed E-state index contributed by atoms with van der Waals surface area (Å²) < 4.78 is 33.6. The van der Waals surface area contributed by atoms with Gasteiger partial charge in [0.1, 0.15) is 17.3 Å². The molecule has 0 aliphatic heterocycles. The Morgan fingerprint density at radius 2 is 1.97 bits per heavy atom. The predicted octanol–water partition coefficient (Wildman–Crippen LogP) is 3.99. The fraction of sp³-hybridized carbons (Fsp3) is 0.429. The van der Waals surface area contributed by atoms with Gasteiger partial charge in [-0.05, 0) is 49.6 Å². The standard InChI is InChI=1S/C21H27N3O4S2/c1-6-10-24-18-9-8-16(30(26,27)23(4)5)12-17(18)22-20(24)13-28-21(25)19-11-15(7-2)14(3)29-19/h8-9,11-12H,6-7,10,13H2,1-5H3. The molecule has 0 unspecified atom stereocenters. The lowest BCUT2D eigenvalue weighted by molar-refractivity contribution is 0.0464. The van der Waals surface area contributed by atoms with Crippen LogP contribution in [0.25, 0.3) is 11.0 Å². The summed E-state index contributed by atoms with van der Waals surface area (Å²) in [5.74, 6) is 0.234. The predicted molar refractivity (Wildman–Crippen MR) is 118 cm³/mol. The Bertz CT molecular complexity index is 1180. The third-order valence-corrected chi connectivity index (χ3v) is 7.84. The van der Waals surface area contributed by atoms with Crippen molar-refractivity contribution in [2.75, 3.05) is 14.1 Å². The van der Waals surface area contributed by atoms with E-state index >= 15 is 0 Å². The summed E-state index contributed by atoms with van der Waals surface area (Å²) in [4.78, 5) is 19.0. The highest BCUT2D eigenvalue weighted by molar-refractivity contribution is 7.89. The number of benzene rings is 1. The van der Waals surface area contributed by atoms with Crippen LogP contribution in [0.3, 0.4) is 0 Å². The van der Waals surface area contributed by atoms with Gasteiger partial charge >= 0.3 is 5.97 Å². The molecule has 3 aromatic rings. The summed E-state index contributed by atoms with van der Waals surface area (Å²) in [6, 6.07) is 6.80. The van der Waals surface area contributed by atoms with Gasteiger partial charge in [0.2, 0.25) is 10.0 Å². The zero-order valence-electron chi connectivity index (χ0n) is 17.9. The van der Waals surface area contributed by atoms with Gasteiger partial charge in [0.15, 0.2) is 0 Å². The summed E-state index contributed by atoms with van der Waals surface area (Å²) >= 11 is 1.44. The Balaban J connectivity index is 1.90. The van der Waals surface area contributed by atoms with Gasteiger partial charge in [0.05, 0.1) is 15.9 Å². The summed E-state index contributed by atoms with van der Waals surface area (Å²) in [6.07, 6.45) is 1.74. The molecule has 0 aliphatic carbocycles. The molecule has 2 aromatic heterocycles. The largest absolute Gasteiger partial charge is 0.453 e. The quantitative estimate of drug-likeness (QED) is 0.486. The number of hydrogen-bond donors (Lipinski definition) is 0. The molecular weight excluding hydrogens is 422 g/mol. The first kappa shape index (κ1) is 22.5. The maximum atomic E-state index is 12.5. The molecule has 0 radical (unpaired) electrons. The zero-order valence-corrected chi connectivity index (χ0v) is 19.6. The zero-order chi connectivity index (χ0) is 22.1. The van der Waals surface area contributed by atoms with Gasteiger partial charge in [0, 0.05) is 25.5 Å². The first-order chi connectivity index (χ1) is 14.2. The second-order valence-electron chi connectivity index (χ2n) is 7.24. The molecule has 1 aromatic carbocycles. The van der Waals surface area contributed by atoms with Crippen molar-refractivity contribution in [2.45, 2.75) is 51.7 Å². The Labute approximate surface area is 181 Å². The molecule has 30 heavy (non-hydrogen) atoms. The van der Waals surface area contributed by atoms with Crippen molar-refractivity contribution in [2.24, 2.45) is 0 Å². The van der Waals surface area contributed by atoms with Crippen molar-refractivity contribution < 1.29 is 17.9 Å². The number of carbonyl (C=O) groups excluding carboxylic acids is 1. The van der Waals surface area contributed by atoms with Crippen molar-refractivity contribution in [3.05, 3.63) is 45.4 Å². The molecule has 0 saturated heterocycles. The Hall–Kier alpha value is -2.23. The van der Waals surface area contributed by atoms with Gasteiger partial charge < -0.3 is 9.30 Å². The number of nitrogens with zero attached hydrogens (tertiary/aromatic N) is 3. The van der Waals surface area contributed by atoms with E-state index < -0.39 is 10.0 Å². The highest BCUT2D eigenvalue weighted by atomic mass is 32.2. The average Bonchev–Trinajstić information content (AvgIpc) is 3.26. The maximum absolute atomic E-state index is 12.5. The lowest BCUT2D eigenvalue weighted by atomic mass is 10.2.